The van der Waals surface area contributed by atoms with Crippen molar-refractivity contribution >= 4 is 11.6 Å². The first-order valence-electron chi connectivity index (χ1n) is 6.39. The third-order valence-corrected chi connectivity index (χ3v) is 3.21. The van der Waals surface area contributed by atoms with Crippen LogP contribution in [-0.4, -0.2) is 12.5 Å². The lowest BCUT2D eigenvalue weighted by molar-refractivity contribution is -0.119. The Hall–Kier alpha value is -1.79. The standard InChI is InChI=1S/C15H18N2O/c16-11-3-4-12-7-9-14(10-8-12)17-15(18)13-5-1-2-6-13/h7-10,13H,1-2,5-6,11,16H2,(H,17,18). The molecule has 0 atom stereocenters. The summed E-state index contributed by atoms with van der Waals surface area (Å²) < 4.78 is 0. The Morgan fingerprint density at radius 3 is 2.56 bits per heavy atom. The van der Waals surface area contributed by atoms with Crippen molar-refractivity contribution in [2.75, 3.05) is 11.9 Å². The lowest BCUT2D eigenvalue weighted by Gasteiger charge is -2.10. The topological polar surface area (TPSA) is 55.1 Å². The lowest BCUT2D eigenvalue weighted by Crippen LogP contribution is -2.20. The summed E-state index contributed by atoms with van der Waals surface area (Å²) in [6.07, 6.45) is 4.38. The Morgan fingerprint density at radius 2 is 1.94 bits per heavy atom. The van der Waals surface area contributed by atoms with Gasteiger partial charge in [0.1, 0.15) is 0 Å². The van der Waals surface area contributed by atoms with Crippen molar-refractivity contribution in [2.24, 2.45) is 11.7 Å². The predicted octanol–water partition coefficient (Wildman–Crippen LogP) is 2.13. The first-order chi connectivity index (χ1) is 8.79. The van der Waals surface area contributed by atoms with Gasteiger partial charge in [-0.3, -0.25) is 4.79 Å². The van der Waals surface area contributed by atoms with Gasteiger partial charge in [-0.1, -0.05) is 24.7 Å². The molecule has 0 saturated heterocycles. The monoisotopic (exact) mass is 242 g/mol. The Kier molecular flexibility index (Phi) is 4.38. The molecule has 1 saturated carbocycles. The van der Waals surface area contributed by atoms with Crippen LogP contribution in [0, 0.1) is 17.8 Å². The maximum Gasteiger partial charge on any atom is 0.227 e. The van der Waals surface area contributed by atoms with E-state index in [1.54, 1.807) is 0 Å². The van der Waals surface area contributed by atoms with Crippen molar-refractivity contribution in [1.82, 2.24) is 0 Å². The average Bonchev–Trinajstić information content (AvgIpc) is 2.92. The van der Waals surface area contributed by atoms with E-state index in [-0.39, 0.29) is 11.8 Å². The molecule has 0 radical (unpaired) electrons. The fraction of sp³-hybridized carbons (Fsp3) is 0.400. The maximum absolute atomic E-state index is 11.9. The molecule has 1 aliphatic carbocycles. The minimum atomic E-state index is 0.147. The van der Waals surface area contributed by atoms with Crippen LogP contribution < -0.4 is 11.1 Å². The van der Waals surface area contributed by atoms with E-state index in [0.717, 1.165) is 24.1 Å². The van der Waals surface area contributed by atoms with Gasteiger partial charge in [0.15, 0.2) is 0 Å². The second kappa shape index (κ2) is 6.23. The summed E-state index contributed by atoms with van der Waals surface area (Å²) in [4.78, 5) is 11.9. The lowest BCUT2D eigenvalue weighted by atomic mass is 10.1. The molecular formula is C15H18N2O. The van der Waals surface area contributed by atoms with Crippen molar-refractivity contribution in [1.29, 1.82) is 0 Å². The van der Waals surface area contributed by atoms with Gasteiger partial charge in [-0.05, 0) is 37.1 Å². The van der Waals surface area contributed by atoms with Gasteiger partial charge in [-0.15, -0.1) is 0 Å². The number of nitrogens with two attached hydrogens (primary N) is 1. The summed E-state index contributed by atoms with van der Waals surface area (Å²) >= 11 is 0. The van der Waals surface area contributed by atoms with E-state index in [0.29, 0.717) is 6.54 Å². The highest BCUT2D eigenvalue weighted by Crippen LogP contribution is 2.25. The Morgan fingerprint density at radius 1 is 1.28 bits per heavy atom. The first kappa shape index (κ1) is 12.7. The summed E-state index contributed by atoms with van der Waals surface area (Å²) in [7, 11) is 0. The van der Waals surface area contributed by atoms with Crippen molar-refractivity contribution in [3.8, 4) is 11.8 Å². The summed E-state index contributed by atoms with van der Waals surface area (Å²) in [6, 6.07) is 7.56. The average molecular weight is 242 g/mol. The molecule has 94 valence electrons. The van der Waals surface area contributed by atoms with E-state index in [4.69, 9.17) is 5.73 Å². The molecule has 0 spiro atoms. The highest BCUT2D eigenvalue weighted by Gasteiger charge is 2.22. The zero-order chi connectivity index (χ0) is 12.8. The van der Waals surface area contributed by atoms with E-state index >= 15 is 0 Å². The van der Waals surface area contributed by atoms with Crippen LogP contribution in [-0.2, 0) is 4.79 Å². The van der Waals surface area contributed by atoms with Gasteiger partial charge in [-0.25, -0.2) is 0 Å². The summed E-state index contributed by atoms with van der Waals surface area (Å²) in [5, 5.41) is 2.96. The van der Waals surface area contributed by atoms with Crippen LogP contribution in [0.25, 0.3) is 0 Å². The zero-order valence-corrected chi connectivity index (χ0v) is 10.4. The largest absolute Gasteiger partial charge is 0.326 e. The SMILES string of the molecule is NCC#Cc1ccc(NC(=O)C2CCCC2)cc1. The molecule has 3 nitrogen and oxygen atoms in total. The molecule has 0 aliphatic heterocycles. The van der Waals surface area contributed by atoms with Gasteiger partial charge < -0.3 is 11.1 Å². The second-order valence-corrected chi connectivity index (χ2v) is 4.55. The molecule has 0 aromatic heterocycles. The number of rotatable bonds is 2. The predicted molar refractivity (Wildman–Crippen MR) is 73.0 cm³/mol. The summed E-state index contributed by atoms with van der Waals surface area (Å²) in [6.45, 7) is 0.361. The second-order valence-electron chi connectivity index (χ2n) is 4.55. The van der Waals surface area contributed by atoms with Gasteiger partial charge in [-0.2, -0.15) is 0 Å². The summed E-state index contributed by atoms with van der Waals surface area (Å²) in [5.74, 6) is 6.09. The number of carbonyl (C=O) groups is 1. The van der Waals surface area contributed by atoms with Crippen LogP contribution in [0.3, 0.4) is 0 Å². The number of benzene rings is 1. The van der Waals surface area contributed by atoms with Crippen LogP contribution >= 0.6 is 0 Å². The van der Waals surface area contributed by atoms with Gasteiger partial charge in [0.25, 0.3) is 0 Å². The van der Waals surface area contributed by atoms with E-state index < -0.39 is 0 Å². The number of hydrogen-bond donors (Lipinski definition) is 2. The fourth-order valence-electron chi connectivity index (χ4n) is 2.22. The molecule has 1 aliphatic rings. The molecule has 0 bridgehead atoms. The van der Waals surface area contributed by atoms with Crippen molar-refractivity contribution in [2.45, 2.75) is 25.7 Å². The van der Waals surface area contributed by atoms with Gasteiger partial charge in [0.05, 0.1) is 6.54 Å². The van der Waals surface area contributed by atoms with Crippen LogP contribution in [0.1, 0.15) is 31.2 Å². The molecule has 1 amide bonds. The first-order valence-corrected chi connectivity index (χ1v) is 6.39. The third-order valence-electron chi connectivity index (χ3n) is 3.21. The van der Waals surface area contributed by atoms with Crippen molar-refractivity contribution in [3.63, 3.8) is 0 Å². The smallest absolute Gasteiger partial charge is 0.227 e. The van der Waals surface area contributed by atoms with E-state index in [2.05, 4.69) is 17.2 Å². The molecule has 3 N–H and O–H groups in total. The quantitative estimate of drug-likeness (QED) is 0.780. The van der Waals surface area contributed by atoms with Crippen LogP contribution in [0.4, 0.5) is 5.69 Å². The molecule has 1 aromatic rings. The van der Waals surface area contributed by atoms with Crippen molar-refractivity contribution < 1.29 is 4.79 Å². The van der Waals surface area contributed by atoms with Crippen LogP contribution in [0.2, 0.25) is 0 Å². The number of nitrogens with one attached hydrogen (secondary N) is 1. The number of anilines is 1. The highest BCUT2D eigenvalue weighted by atomic mass is 16.1. The molecule has 18 heavy (non-hydrogen) atoms. The zero-order valence-electron chi connectivity index (χ0n) is 10.4. The fourth-order valence-corrected chi connectivity index (χ4v) is 2.22. The molecule has 0 heterocycles. The van der Waals surface area contributed by atoms with E-state index in [9.17, 15) is 4.79 Å². The molecular weight excluding hydrogens is 224 g/mol. The van der Waals surface area contributed by atoms with Crippen LogP contribution in [0.5, 0.6) is 0 Å². The van der Waals surface area contributed by atoms with Crippen LogP contribution in [0.15, 0.2) is 24.3 Å². The minimum Gasteiger partial charge on any atom is -0.326 e. The van der Waals surface area contributed by atoms with Gasteiger partial charge in [0, 0.05) is 17.2 Å². The molecule has 3 heteroatoms. The number of hydrogen-bond acceptors (Lipinski definition) is 2. The Bertz CT molecular complexity index is 462. The van der Waals surface area contributed by atoms with E-state index in [1.165, 1.54) is 12.8 Å². The summed E-state index contributed by atoms with van der Waals surface area (Å²) in [5.41, 5.74) is 7.07. The maximum atomic E-state index is 11.9. The third kappa shape index (κ3) is 3.35. The van der Waals surface area contributed by atoms with Crippen molar-refractivity contribution in [3.05, 3.63) is 29.8 Å². The molecule has 1 aromatic carbocycles. The Labute approximate surface area is 108 Å². The molecule has 1 fully saturated rings. The minimum absolute atomic E-state index is 0.147. The van der Waals surface area contributed by atoms with Gasteiger partial charge in [0.2, 0.25) is 5.91 Å². The molecule has 2 rings (SSSR count). The van der Waals surface area contributed by atoms with Gasteiger partial charge >= 0.3 is 0 Å². The van der Waals surface area contributed by atoms with E-state index in [1.807, 2.05) is 24.3 Å². The normalized spacial score (nSPS) is 14.9. The number of amides is 1. The Balaban J connectivity index is 1.95. The molecule has 0 unspecified atom stereocenters. The highest BCUT2D eigenvalue weighted by molar-refractivity contribution is 5.92. The number of carbonyl (C=O) groups excluding carboxylic acids is 1.